The van der Waals surface area contributed by atoms with Crippen molar-refractivity contribution in [2.45, 2.75) is 11.8 Å². The van der Waals surface area contributed by atoms with E-state index in [9.17, 15) is 12.8 Å². The van der Waals surface area contributed by atoms with Crippen molar-refractivity contribution in [2.75, 3.05) is 0 Å². The molecule has 0 spiro atoms. The molecule has 0 radical (unpaired) electrons. The molecule has 0 amide bonds. The fourth-order valence-electron chi connectivity index (χ4n) is 1.49. The molecule has 0 aliphatic heterocycles. The van der Waals surface area contributed by atoms with Gasteiger partial charge in [0, 0.05) is 6.21 Å². The maximum Gasteiger partial charge on any atom is 0.282 e. The molecule has 6 heteroatoms. The second-order valence-corrected chi connectivity index (χ2v) is 6.68. The molecule has 2 aromatic carbocycles. The van der Waals surface area contributed by atoms with Crippen LogP contribution in [0.4, 0.5) is 4.39 Å². The van der Waals surface area contributed by atoms with Crippen LogP contribution in [0.3, 0.4) is 0 Å². The molecule has 0 unspecified atom stereocenters. The SMILES string of the molecule is Cc1ccc(S(=O)(=O)/N=C/c2ccc(F)c(Br)c2)cc1. The maximum atomic E-state index is 13.1. The van der Waals surface area contributed by atoms with Crippen molar-refractivity contribution < 1.29 is 12.8 Å². The van der Waals surface area contributed by atoms with E-state index in [4.69, 9.17) is 0 Å². The van der Waals surface area contributed by atoms with Gasteiger partial charge in [-0.1, -0.05) is 23.8 Å². The Morgan fingerprint density at radius 1 is 1.15 bits per heavy atom. The van der Waals surface area contributed by atoms with Crippen molar-refractivity contribution in [1.82, 2.24) is 0 Å². The Kier molecular flexibility index (Phi) is 4.35. The van der Waals surface area contributed by atoms with Crippen LogP contribution >= 0.6 is 15.9 Å². The molecule has 20 heavy (non-hydrogen) atoms. The van der Waals surface area contributed by atoms with Crippen molar-refractivity contribution in [2.24, 2.45) is 4.40 Å². The van der Waals surface area contributed by atoms with Crippen molar-refractivity contribution >= 4 is 32.2 Å². The van der Waals surface area contributed by atoms with Crippen molar-refractivity contribution in [3.05, 3.63) is 63.9 Å². The van der Waals surface area contributed by atoms with Gasteiger partial charge in [-0.25, -0.2) is 4.39 Å². The van der Waals surface area contributed by atoms with Crippen LogP contribution in [0.2, 0.25) is 0 Å². The summed E-state index contributed by atoms with van der Waals surface area (Å²) in [5, 5.41) is 0. The number of sulfonamides is 1. The zero-order valence-corrected chi connectivity index (χ0v) is 12.9. The molecule has 0 fully saturated rings. The topological polar surface area (TPSA) is 46.5 Å². The van der Waals surface area contributed by atoms with Crippen LogP contribution < -0.4 is 0 Å². The minimum absolute atomic E-state index is 0.125. The van der Waals surface area contributed by atoms with Gasteiger partial charge < -0.3 is 0 Å². The predicted octanol–water partition coefficient (Wildman–Crippen LogP) is 3.70. The van der Waals surface area contributed by atoms with Crippen LogP contribution in [0.5, 0.6) is 0 Å². The van der Waals surface area contributed by atoms with Crippen molar-refractivity contribution in [1.29, 1.82) is 0 Å². The summed E-state index contributed by atoms with van der Waals surface area (Å²) < 4.78 is 40.9. The number of halogens is 2. The van der Waals surface area contributed by atoms with E-state index in [1.807, 2.05) is 6.92 Å². The Hall–Kier alpha value is -1.53. The summed E-state index contributed by atoms with van der Waals surface area (Å²) in [7, 11) is -3.74. The van der Waals surface area contributed by atoms with Gasteiger partial charge in [-0.2, -0.15) is 12.8 Å². The molecule has 0 atom stereocenters. The van der Waals surface area contributed by atoms with E-state index in [-0.39, 0.29) is 9.37 Å². The van der Waals surface area contributed by atoms with Gasteiger partial charge in [-0.05, 0) is 52.7 Å². The first-order valence-electron chi connectivity index (χ1n) is 5.70. The molecule has 3 nitrogen and oxygen atoms in total. The number of hydrogen-bond donors (Lipinski definition) is 0. The molecule has 104 valence electrons. The molecule has 0 N–H and O–H groups in total. The summed E-state index contributed by atoms with van der Waals surface area (Å²) in [5.74, 6) is -0.413. The van der Waals surface area contributed by atoms with Gasteiger partial charge in [0.15, 0.2) is 0 Å². The molecule has 0 aromatic heterocycles. The molecule has 2 aromatic rings. The first-order valence-corrected chi connectivity index (χ1v) is 7.94. The Morgan fingerprint density at radius 2 is 1.80 bits per heavy atom. The zero-order chi connectivity index (χ0) is 14.8. The summed E-state index contributed by atoms with van der Waals surface area (Å²) in [4.78, 5) is 0.125. The Labute approximate surface area is 125 Å². The highest BCUT2D eigenvalue weighted by Crippen LogP contribution is 2.17. The molecule has 0 saturated heterocycles. The van der Waals surface area contributed by atoms with E-state index >= 15 is 0 Å². The molecule has 0 aliphatic rings. The van der Waals surface area contributed by atoms with Crippen LogP contribution in [0.25, 0.3) is 0 Å². The molecule has 0 bridgehead atoms. The molecule has 0 heterocycles. The molecular formula is C14H11BrFNO2S. The number of hydrogen-bond acceptors (Lipinski definition) is 2. The number of benzene rings is 2. The number of rotatable bonds is 3. The maximum absolute atomic E-state index is 13.1. The second-order valence-electron chi connectivity index (χ2n) is 4.20. The van der Waals surface area contributed by atoms with E-state index in [2.05, 4.69) is 20.3 Å². The van der Waals surface area contributed by atoms with Gasteiger partial charge in [-0.3, -0.25) is 0 Å². The molecule has 2 rings (SSSR count). The molecule has 0 saturated carbocycles. The van der Waals surface area contributed by atoms with Crippen LogP contribution in [0.15, 0.2) is 56.2 Å². The second kappa shape index (κ2) is 5.85. The summed E-state index contributed by atoms with van der Waals surface area (Å²) in [6.07, 6.45) is 1.19. The van der Waals surface area contributed by atoms with Gasteiger partial charge in [0.2, 0.25) is 0 Å². The number of aryl methyl sites for hydroxylation is 1. The Bertz CT molecular complexity index is 755. The van der Waals surface area contributed by atoms with Crippen LogP contribution in [-0.2, 0) is 10.0 Å². The minimum Gasteiger partial charge on any atom is -0.206 e. The molecular weight excluding hydrogens is 345 g/mol. The Morgan fingerprint density at radius 3 is 2.40 bits per heavy atom. The van der Waals surface area contributed by atoms with Gasteiger partial charge in [0.25, 0.3) is 10.0 Å². The summed E-state index contributed by atoms with van der Waals surface area (Å²) in [6.45, 7) is 1.87. The highest BCUT2D eigenvalue weighted by atomic mass is 79.9. The lowest BCUT2D eigenvalue weighted by Gasteiger charge is -2.00. The fraction of sp³-hybridized carbons (Fsp3) is 0.0714. The van der Waals surface area contributed by atoms with Crippen molar-refractivity contribution in [3.63, 3.8) is 0 Å². The van der Waals surface area contributed by atoms with Crippen LogP contribution in [0, 0.1) is 12.7 Å². The summed E-state index contributed by atoms with van der Waals surface area (Å²) in [5.41, 5.74) is 1.46. The monoisotopic (exact) mass is 355 g/mol. The predicted molar refractivity (Wildman–Crippen MR) is 80.1 cm³/mol. The highest BCUT2D eigenvalue weighted by molar-refractivity contribution is 9.10. The molecule has 0 aliphatic carbocycles. The van der Waals surface area contributed by atoms with E-state index < -0.39 is 15.8 Å². The van der Waals surface area contributed by atoms with Crippen LogP contribution in [0.1, 0.15) is 11.1 Å². The van der Waals surface area contributed by atoms with Gasteiger partial charge in [-0.15, -0.1) is 0 Å². The lowest BCUT2D eigenvalue weighted by atomic mass is 10.2. The van der Waals surface area contributed by atoms with Crippen LogP contribution in [-0.4, -0.2) is 14.6 Å². The van der Waals surface area contributed by atoms with E-state index in [1.165, 1.54) is 36.5 Å². The largest absolute Gasteiger partial charge is 0.282 e. The smallest absolute Gasteiger partial charge is 0.206 e. The quantitative estimate of drug-likeness (QED) is 0.788. The Balaban J connectivity index is 2.29. The average Bonchev–Trinajstić information content (AvgIpc) is 2.41. The first kappa shape index (κ1) is 14.9. The summed E-state index contributed by atoms with van der Waals surface area (Å²) >= 11 is 3.03. The number of nitrogens with zero attached hydrogens (tertiary/aromatic N) is 1. The zero-order valence-electron chi connectivity index (χ0n) is 10.5. The van der Waals surface area contributed by atoms with Gasteiger partial charge >= 0.3 is 0 Å². The summed E-state index contributed by atoms with van der Waals surface area (Å²) in [6, 6.07) is 10.6. The lowest BCUT2D eigenvalue weighted by molar-refractivity contribution is 0.598. The van der Waals surface area contributed by atoms with Crippen molar-refractivity contribution in [3.8, 4) is 0 Å². The van der Waals surface area contributed by atoms with Gasteiger partial charge in [0.1, 0.15) is 5.82 Å². The average molecular weight is 356 g/mol. The third-order valence-electron chi connectivity index (χ3n) is 2.60. The van der Waals surface area contributed by atoms with Gasteiger partial charge in [0.05, 0.1) is 9.37 Å². The third kappa shape index (κ3) is 3.52. The highest BCUT2D eigenvalue weighted by Gasteiger charge is 2.11. The normalized spacial score (nSPS) is 11.9. The first-order chi connectivity index (χ1) is 9.38. The minimum atomic E-state index is -3.74. The van der Waals surface area contributed by atoms with E-state index in [0.29, 0.717) is 5.56 Å². The van der Waals surface area contributed by atoms with E-state index in [1.54, 1.807) is 12.1 Å². The van der Waals surface area contributed by atoms with E-state index in [0.717, 1.165) is 5.56 Å². The standard InChI is InChI=1S/C14H11BrFNO2S/c1-10-2-5-12(6-3-10)20(18,19)17-9-11-4-7-14(16)13(15)8-11/h2-9H,1H3/b17-9+. The third-order valence-corrected chi connectivity index (χ3v) is 4.46. The fourth-order valence-corrected chi connectivity index (χ4v) is 2.75. The lowest BCUT2D eigenvalue weighted by Crippen LogP contribution is -1.98.